The van der Waals surface area contributed by atoms with E-state index in [-0.39, 0.29) is 11.4 Å². The van der Waals surface area contributed by atoms with E-state index in [0.29, 0.717) is 17.5 Å². The summed E-state index contributed by atoms with van der Waals surface area (Å²) in [6, 6.07) is 4.80. The number of halogens is 2. The van der Waals surface area contributed by atoms with E-state index in [4.69, 9.17) is 4.74 Å². The third kappa shape index (κ3) is 3.42. The van der Waals surface area contributed by atoms with Gasteiger partial charge in [0, 0.05) is 28.5 Å². The Balaban J connectivity index is 2.15. The van der Waals surface area contributed by atoms with Crippen molar-refractivity contribution >= 4 is 41.9 Å². The van der Waals surface area contributed by atoms with Crippen molar-refractivity contribution in [3.8, 4) is 0 Å². The fraction of sp³-hybridized carbons (Fsp3) is 0.500. The normalized spacial score (nSPS) is 26.9. The van der Waals surface area contributed by atoms with E-state index in [0.717, 1.165) is 4.47 Å². The van der Waals surface area contributed by atoms with Gasteiger partial charge < -0.3 is 9.84 Å². The van der Waals surface area contributed by atoms with E-state index >= 15 is 0 Å². The van der Waals surface area contributed by atoms with Gasteiger partial charge in [-0.15, -0.1) is 0 Å². The molecular weight excluding hydrogens is 414 g/mol. The zero-order valence-corrected chi connectivity index (χ0v) is 14.8. The van der Waals surface area contributed by atoms with Crippen molar-refractivity contribution in [2.75, 3.05) is 13.2 Å². The van der Waals surface area contributed by atoms with Crippen LogP contribution in [0.1, 0.15) is 13.3 Å². The number of rotatable bonds is 4. The molecule has 1 aromatic carbocycles. The van der Waals surface area contributed by atoms with Crippen LogP contribution in [-0.2, 0) is 14.8 Å². The van der Waals surface area contributed by atoms with Crippen LogP contribution in [-0.4, -0.2) is 38.4 Å². The molecule has 20 heavy (non-hydrogen) atoms. The average molecular weight is 429 g/mol. The Morgan fingerprint density at radius 3 is 2.75 bits per heavy atom. The number of ether oxygens (including phenoxy) is 1. The summed E-state index contributed by atoms with van der Waals surface area (Å²) in [6.07, 6.45) is 0.0247. The van der Waals surface area contributed by atoms with Gasteiger partial charge in [0.15, 0.2) is 0 Å². The van der Waals surface area contributed by atoms with Gasteiger partial charge in [-0.1, -0.05) is 15.9 Å². The summed E-state index contributed by atoms with van der Waals surface area (Å²) >= 11 is 6.50. The van der Waals surface area contributed by atoms with Crippen LogP contribution in [0.15, 0.2) is 32.0 Å². The highest BCUT2D eigenvalue weighted by Crippen LogP contribution is 2.28. The zero-order valence-electron chi connectivity index (χ0n) is 10.8. The van der Waals surface area contributed by atoms with E-state index in [2.05, 4.69) is 36.6 Å². The molecule has 2 rings (SSSR count). The molecule has 1 aliphatic rings. The second-order valence-electron chi connectivity index (χ2n) is 4.77. The minimum atomic E-state index is -3.69. The van der Waals surface area contributed by atoms with Crippen molar-refractivity contribution in [2.45, 2.75) is 29.9 Å². The first kappa shape index (κ1) is 16.4. The van der Waals surface area contributed by atoms with E-state index in [9.17, 15) is 13.5 Å². The number of benzene rings is 1. The summed E-state index contributed by atoms with van der Waals surface area (Å²) in [5.41, 5.74) is -1.16. The lowest BCUT2D eigenvalue weighted by Gasteiger charge is -2.26. The third-order valence-electron chi connectivity index (χ3n) is 3.41. The van der Waals surface area contributed by atoms with Crippen LogP contribution < -0.4 is 4.72 Å². The first-order chi connectivity index (χ1) is 9.24. The monoisotopic (exact) mass is 427 g/mol. The molecule has 1 aromatic rings. The molecule has 0 saturated carbocycles. The fourth-order valence-electron chi connectivity index (χ4n) is 1.99. The lowest BCUT2D eigenvalue weighted by atomic mass is 9.97. The van der Waals surface area contributed by atoms with E-state index in [1.165, 1.54) is 6.07 Å². The van der Waals surface area contributed by atoms with Gasteiger partial charge in [0.05, 0.1) is 11.0 Å². The molecule has 2 N–H and O–H groups in total. The summed E-state index contributed by atoms with van der Waals surface area (Å²) in [7, 11) is -3.69. The standard InChI is InChI=1S/C12H15Br2NO4S/c1-8-12(16,4-5-19-8)7-15-20(17,18)11-3-2-9(13)6-10(11)14/h2-3,6,8,15-16H,4-5,7H2,1H3. The van der Waals surface area contributed by atoms with Crippen molar-refractivity contribution in [1.82, 2.24) is 4.72 Å². The molecule has 112 valence electrons. The van der Waals surface area contributed by atoms with Crippen LogP contribution >= 0.6 is 31.9 Å². The molecule has 0 amide bonds. The summed E-state index contributed by atoms with van der Waals surface area (Å²) in [4.78, 5) is 0.135. The fourth-order valence-corrected chi connectivity index (χ4v) is 4.84. The van der Waals surface area contributed by atoms with E-state index in [1.54, 1.807) is 19.1 Å². The van der Waals surface area contributed by atoms with Crippen LogP contribution in [0.25, 0.3) is 0 Å². The number of sulfonamides is 1. The minimum Gasteiger partial charge on any atom is -0.386 e. The van der Waals surface area contributed by atoms with Crippen molar-refractivity contribution < 1.29 is 18.3 Å². The number of aliphatic hydroxyl groups is 1. The summed E-state index contributed by atoms with van der Waals surface area (Å²) in [5.74, 6) is 0. The molecule has 8 heteroatoms. The largest absolute Gasteiger partial charge is 0.386 e. The Bertz CT molecular complexity index is 607. The number of nitrogens with one attached hydrogen (secondary N) is 1. The average Bonchev–Trinajstić information content (AvgIpc) is 2.68. The second-order valence-corrected chi connectivity index (χ2v) is 8.27. The lowest BCUT2D eigenvalue weighted by molar-refractivity contribution is -0.0228. The van der Waals surface area contributed by atoms with Gasteiger partial charge in [-0.05, 0) is 41.1 Å². The highest BCUT2D eigenvalue weighted by atomic mass is 79.9. The maximum atomic E-state index is 12.3. The quantitative estimate of drug-likeness (QED) is 0.769. The Kier molecular flexibility index (Phi) is 4.93. The predicted octanol–water partition coefficient (Wildman–Crippen LogP) is 2.03. The third-order valence-corrected chi connectivity index (χ3v) is 6.28. The number of hydrogen-bond acceptors (Lipinski definition) is 4. The van der Waals surface area contributed by atoms with Crippen LogP contribution in [0, 0.1) is 0 Å². The Hall–Kier alpha value is 0.01000. The Morgan fingerprint density at radius 2 is 2.20 bits per heavy atom. The maximum Gasteiger partial charge on any atom is 0.241 e. The molecule has 2 atom stereocenters. The van der Waals surface area contributed by atoms with E-state index in [1.807, 2.05) is 0 Å². The molecule has 0 bridgehead atoms. The maximum absolute atomic E-state index is 12.3. The van der Waals surface area contributed by atoms with E-state index < -0.39 is 21.7 Å². The topological polar surface area (TPSA) is 75.6 Å². The lowest BCUT2D eigenvalue weighted by Crippen LogP contribution is -2.47. The van der Waals surface area contributed by atoms with Crippen LogP contribution in [0.5, 0.6) is 0 Å². The van der Waals surface area contributed by atoms with Gasteiger partial charge in [-0.25, -0.2) is 13.1 Å². The molecule has 0 radical (unpaired) electrons. The predicted molar refractivity (Wildman–Crippen MR) is 82.0 cm³/mol. The van der Waals surface area contributed by atoms with Gasteiger partial charge in [-0.2, -0.15) is 0 Å². The van der Waals surface area contributed by atoms with Gasteiger partial charge in [-0.3, -0.25) is 0 Å². The Labute approximate surface area is 135 Å². The Morgan fingerprint density at radius 1 is 1.50 bits per heavy atom. The molecule has 0 aliphatic carbocycles. The molecule has 1 aliphatic heterocycles. The highest BCUT2D eigenvalue weighted by molar-refractivity contribution is 9.11. The summed E-state index contributed by atoms with van der Waals surface area (Å²) in [6.45, 7) is 2.09. The number of hydrogen-bond donors (Lipinski definition) is 2. The molecule has 1 saturated heterocycles. The van der Waals surface area contributed by atoms with Gasteiger partial charge in [0.25, 0.3) is 0 Å². The van der Waals surface area contributed by atoms with Crippen molar-refractivity contribution in [2.24, 2.45) is 0 Å². The SMILES string of the molecule is CC1OCCC1(O)CNS(=O)(=O)c1ccc(Br)cc1Br. The molecule has 1 fully saturated rings. The second kappa shape index (κ2) is 6.02. The van der Waals surface area contributed by atoms with Crippen LogP contribution in [0.3, 0.4) is 0 Å². The summed E-state index contributed by atoms with van der Waals surface area (Å²) in [5, 5.41) is 10.3. The van der Waals surface area contributed by atoms with Crippen molar-refractivity contribution in [3.05, 3.63) is 27.1 Å². The van der Waals surface area contributed by atoms with Crippen molar-refractivity contribution in [3.63, 3.8) is 0 Å². The van der Waals surface area contributed by atoms with Gasteiger partial charge >= 0.3 is 0 Å². The minimum absolute atomic E-state index is 0.0704. The molecule has 5 nitrogen and oxygen atoms in total. The molecule has 2 unspecified atom stereocenters. The smallest absolute Gasteiger partial charge is 0.241 e. The molecule has 0 spiro atoms. The van der Waals surface area contributed by atoms with Crippen LogP contribution in [0.2, 0.25) is 0 Å². The van der Waals surface area contributed by atoms with Gasteiger partial charge in [0.2, 0.25) is 10.0 Å². The molecule has 1 heterocycles. The highest BCUT2D eigenvalue weighted by Gasteiger charge is 2.40. The van der Waals surface area contributed by atoms with Crippen molar-refractivity contribution in [1.29, 1.82) is 0 Å². The van der Waals surface area contributed by atoms with Crippen LogP contribution in [0.4, 0.5) is 0 Å². The first-order valence-corrected chi connectivity index (χ1v) is 9.10. The summed E-state index contributed by atoms with van der Waals surface area (Å²) < 4.78 is 33.5. The molecule has 0 aromatic heterocycles. The first-order valence-electron chi connectivity index (χ1n) is 6.03. The zero-order chi connectivity index (χ0) is 15.0. The van der Waals surface area contributed by atoms with Gasteiger partial charge in [0.1, 0.15) is 5.60 Å². The molecular formula is C12H15Br2NO4S.